The van der Waals surface area contributed by atoms with Gasteiger partial charge in [-0.25, -0.2) is 13.2 Å². The van der Waals surface area contributed by atoms with E-state index in [1.165, 1.54) is 0 Å². The summed E-state index contributed by atoms with van der Waals surface area (Å²) >= 11 is 0. The first-order valence-corrected chi connectivity index (χ1v) is 7.34. The van der Waals surface area contributed by atoms with Crippen molar-refractivity contribution in [3.8, 4) is 5.75 Å². The molecule has 0 saturated carbocycles. The van der Waals surface area contributed by atoms with Crippen molar-refractivity contribution in [3.05, 3.63) is 23.8 Å². The van der Waals surface area contributed by atoms with Crippen LogP contribution in [0.3, 0.4) is 0 Å². The van der Waals surface area contributed by atoms with E-state index in [4.69, 9.17) is 10.2 Å². The highest BCUT2D eigenvalue weighted by atomic mass is 32.2. The van der Waals surface area contributed by atoms with Crippen LogP contribution in [0.4, 0.5) is 0 Å². The van der Waals surface area contributed by atoms with E-state index in [0.717, 1.165) is 22.5 Å². The second kappa shape index (κ2) is 6.21. The number of aromatic carboxylic acids is 1. The lowest BCUT2D eigenvalue weighted by Crippen LogP contribution is -2.39. The molecular formula is C12H17NO6S. The molecule has 0 aliphatic heterocycles. The number of carbonyl (C=O) groups is 1. The molecule has 0 saturated heterocycles. The summed E-state index contributed by atoms with van der Waals surface area (Å²) in [6.07, 6.45) is 0. The molecular weight excluding hydrogens is 286 g/mol. The molecule has 1 aromatic rings. The van der Waals surface area contributed by atoms with Gasteiger partial charge in [0.15, 0.2) is 0 Å². The monoisotopic (exact) mass is 303 g/mol. The summed E-state index contributed by atoms with van der Waals surface area (Å²) in [7, 11) is -3.94. The van der Waals surface area contributed by atoms with E-state index in [0.29, 0.717) is 0 Å². The van der Waals surface area contributed by atoms with Crippen LogP contribution in [0.2, 0.25) is 0 Å². The minimum atomic E-state index is -3.94. The Balaban J connectivity index is 3.34. The fourth-order valence-corrected chi connectivity index (χ4v) is 3.39. The SMILES string of the molecule is CC(C)N(CCO)S(=O)(=O)c1ccc(O)c(C(=O)O)c1. The Kier molecular flexibility index (Phi) is 5.09. The Hall–Kier alpha value is -1.64. The Bertz CT molecular complexity index is 596. The summed E-state index contributed by atoms with van der Waals surface area (Å²) in [6, 6.07) is 2.66. The van der Waals surface area contributed by atoms with Gasteiger partial charge in [-0.2, -0.15) is 4.31 Å². The quantitative estimate of drug-likeness (QED) is 0.704. The van der Waals surface area contributed by atoms with Crippen molar-refractivity contribution >= 4 is 16.0 Å². The third-order valence-corrected chi connectivity index (χ3v) is 4.77. The summed E-state index contributed by atoms with van der Waals surface area (Å²) in [4.78, 5) is 10.7. The van der Waals surface area contributed by atoms with Crippen LogP contribution in [0.1, 0.15) is 24.2 Å². The Morgan fingerprint density at radius 3 is 2.40 bits per heavy atom. The van der Waals surface area contributed by atoms with Crippen molar-refractivity contribution in [1.82, 2.24) is 4.31 Å². The van der Waals surface area contributed by atoms with Crippen LogP contribution in [0, 0.1) is 0 Å². The number of phenols is 1. The topological polar surface area (TPSA) is 115 Å². The van der Waals surface area contributed by atoms with Gasteiger partial charge in [-0.05, 0) is 32.0 Å². The number of nitrogens with zero attached hydrogens (tertiary/aromatic N) is 1. The van der Waals surface area contributed by atoms with Gasteiger partial charge < -0.3 is 15.3 Å². The number of aliphatic hydroxyl groups is 1. The number of carboxylic acid groups (broad SMARTS) is 1. The summed E-state index contributed by atoms with van der Waals surface area (Å²) < 4.78 is 25.8. The van der Waals surface area contributed by atoms with E-state index >= 15 is 0 Å². The third kappa shape index (κ3) is 3.27. The highest BCUT2D eigenvalue weighted by Gasteiger charge is 2.27. The predicted octanol–water partition coefficient (Wildman–Crippen LogP) is 0.482. The number of rotatable bonds is 6. The van der Waals surface area contributed by atoms with E-state index in [9.17, 15) is 18.3 Å². The maximum absolute atomic E-state index is 12.4. The van der Waals surface area contributed by atoms with E-state index in [2.05, 4.69) is 0 Å². The zero-order valence-electron chi connectivity index (χ0n) is 11.1. The summed E-state index contributed by atoms with van der Waals surface area (Å²) in [5.74, 6) is -1.92. The molecule has 0 aromatic heterocycles. The summed E-state index contributed by atoms with van der Waals surface area (Å²) in [5.41, 5.74) is -0.487. The number of aromatic hydroxyl groups is 1. The van der Waals surface area contributed by atoms with Gasteiger partial charge in [-0.15, -0.1) is 0 Å². The zero-order valence-corrected chi connectivity index (χ0v) is 12.0. The lowest BCUT2D eigenvalue weighted by molar-refractivity contribution is 0.0693. The molecule has 0 heterocycles. The number of hydrogen-bond acceptors (Lipinski definition) is 5. The summed E-state index contributed by atoms with van der Waals surface area (Å²) in [5, 5.41) is 27.2. The molecule has 0 fully saturated rings. The molecule has 7 nitrogen and oxygen atoms in total. The zero-order chi connectivity index (χ0) is 15.5. The van der Waals surface area contributed by atoms with Crippen molar-refractivity contribution in [2.24, 2.45) is 0 Å². The van der Waals surface area contributed by atoms with Crippen molar-refractivity contribution in [2.75, 3.05) is 13.2 Å². The van der Waals surface area contributed by atoms with Gasteiger partial charge >= 0.3 is 5.97 Å². The molecule has 0 atom stereocenters. The van der Waals surface area contributed by atoms with Crippen molar-refractivity contribution in [1.29, 1.82) is 0 Å². The van der Waals surface area contributed by atoms with Gasteiger partial charge in [0.2, 0.25) is 10.0 Å². The second-order valence-corrected chi connectivity index (χ2v) is 6.31. The largest absolute Gasteiger partial charge is 0.507 e. The lowest BCUT2D eigenvalue weighted by Gasteiger charge is -2.25. The molecule has 20 heavy (non-hydrogen) atoms. The second-order valence-electron chi connectivity index (χ2n) is 4.42. The molecule has 1 rings (SSSR count). The fourth-order valence-electron chi connectivity index (χ4n) is 1.74. The first-order valence-electron chi connectivity index (χ1n) is 5.90. The van der Waals surface area contributed by atoms with Crippen LogP contribution in [-0.2, 0) is 10.0 Å². The number of sulfonamides is 1. The molecule has 0 unspecified atom stereocenters. The van der Waals surface area contributed by atoms with Crippen molar-refractivity contribution in [2.45, 2.75) is 24.8 Å². The van der Waals surface area contributed by atoms with Crippen LogP contribution in [0.25, 0.3) is 0 Å². The molecule has 8 heteroatoms. The van der Waals surface area contributed by atoms with E-state index < -0.39 is 33.3 Å². The lowest BCUT2D eigenvalue weighted by atomic mass is 10.2. The molecule has 0 aliphatic carbocycles. The number of benzene rings is 1. The molecule has 3 N–H and O–H groups in total. The van der Waals surface area contributed by atoms with Crippen molar-refractivity contribution < 1.29 is 28.5 Å². The smallest absolute Gasteiger partial charge is 0.339 e. The molecule has 0 bridgehead atoms. The standard InChI is InChI=1S/C12H17NO6S/c1-8(2)13(5-6-14)20(18,19)9-3-4-11(15)10(7-9)12(16)17/h3-4,7-8,14-15H,5-6H2,1-2H3,(H,16,17). The van der Waals surface area contributed by atoms with Crippen LogP contribution >= 0.6 is 0 Å². The van der Waals surface area contributed by atoms with Gasteiger partial charge in [-0.1, -0.05) is 0 Å². The molecule has 0 radical (unpaired) electrons. The summed E-state index contributed by atoms with van der Waals surface area (Å²) in [6.45, 7) is 2.85. The molecule has 0 amide bonds. The highest BCUT2D eigenvalue weighted by molar-refractivity contribution is 7.89. The number of carboxylic acids is 1. The molecule has 112 valence electrons. The Morgan fingerprint density at radius 1 is 1.35 bits per heavy atom. The average Bonchev–Trinajstić information content (AvgIpc) is 2.35. The normalized spacial score (nSPS) is 12.1. The molecule has 1 aromatic carbocycles. The van der Waals surface area contributed by atoms with Gasteiger partial charge in [0.1, 0.15) is 11.3 Å². The van der Waals surface area contributed by atoms with E-state index in [1.807, 2.05) is 0 Å². The predicted molar refractivity (Wildman–Crippen MR) is 71.2 cm³/mol. The first kappa shape index (κ1) is 16.4. The number of hydrogen-bond donors (Lipinski definition) is 3. The van der Waals surface area contributed by atoms with Gasteiger partial charge in [0, 0.05) is 12.6 Å². The van der Waals surface area contributed by atoms with Crippen LogP contribution < -0.4 is 0 Å². The Labute approximate surface area is 117 Å². The minimum Gasteiger partial charge on any atom is -0.507 e. The average molecular weight is 303 g/mol. The minimum absolute atomic E-state index is 0.0940. The van der Waals surface area contributed by atoms with Crippen LogP contribution in [0.5, 0.6) is 5.75 Å². The van der Waals surface area contributed by atoms with Gasteiger partial charge in [0.25, 0.3) is 0 Å². The number of aliphatic hydroxyl groups excluding tert-OH is 1. The van der Waals surface area contributed by atoms with Crippen LogP contribution in [0.15, 0.2) is 23.1 Å². The van der Waals surface area contributed by atoms with Crippen molar-refractivity contribution in [3.63, 3.8) is 0 Å². The van der Waals surface area contributed by atoms with Gasteiger partial charge in [0.05, 0.1) is 11.5 Å². The first-order chi connectivity index (χ1) is 9.21. The van der Waals surface area contributed by atoms with E-state index in [1.54, 1.807) is 13.8 Å². The molecule has 0 spiro atoms. The molecule has 0 aliphatic rings. The van der Waals surface area contributed by atoms with Crippen LogP contribution in [-0.4, -0.2) is 53.2 Å². The highest BCUT2D eigenvalue weighted by Crippen LogP contribution is 2.24. The van der Waals surface area contributed by atoms with E-state index in [-0.39, 0.29) is 18.0 Å². The maximum atomic E-state index is 12.4. The third-order valence-electron chi connectivity index (χ3n) is 2.70. The maximum Gasteiger partial charge on any atom is 0.339 e. The van der Waals surface area contributed by atoms with Gasteiger partial charge in [-0.3, -0.25) is 0 Å². The fraction of sp³-hybridized carbons (Fsp3) is 0.417. The Morgan fingerprint density at radius 2 is 1.95 bits per heavy atom.